The predicted octanol–water partition coefficient (Wildman–Crippen LogP) is 2.89. The van der Waals surface area contributed by atoms with E-state index in [2.05, 4.69) is 17.0 Å². The topological polar surface area (TPSA) is 23.6 Å². The molecule has 1 aromatic carbocycles. The molecule has 0 N–H and O–H groups in total. The van der Waals surface area contributed by atoms with E-state index in [1.54, 1.807) is 18.8 Å². The number of thioether (sulfide) groups is 2. The molecule has 1 saturated heterocycles. The van der Waals surface area contributed by atoms with Crippen molar-refractivity contribution in [3.05, 3.63) is 34.2 Å². The van der Waals surface area contributed by atoms with Gasteiger partial charge in [0.25, 0.3) is 5.91 Å². The number of likely N-dealkylation sites (N-methyl/N-ethyl adjacent to an activating group) is 1. The van der Waals surface area contributed by atoms with E-state index < -0.39 is 0 Å². The molecular formula is C12H10N2OS3. The molecule has 0 bridgehead atoms. The lowest BCUT2D eigenvalue weighted by Crippen LogP contribution is -2.23. The Hall–Kier alpha value is -0.980. The second-order valence-electron chi connectivity index (χ2n) is 4.00. The molecule has 0 atom stereocenters. The lowest BCUT2D eigenvalue weighted by Gasteiger charge is -2.14. The number of amides is 1. The lowest BCUT2D eigenvalue weighted by atomic mass is 10.3. The van der Waals surface area contributed by atoms with Crippen molar-refractivity contribution in [1.82, 2.24) is 4.90 Å². The molecule has 2 aliphatic rings. The Morgan fingerprint density at radius 1 is 1.11 bits per heavy atom. The molecule has 0 aromatic heterocycles. The van der Waals surface area contributed by atoms with Gasteiger partial charge in [-0.05, 0) is 12.1 Å². The van der Waals surface area contributed by atoms with Crippen molar-refractivity contribution >= 4 is 51.7 Å². The van der Waals surface area contributed by atoms with Gasteiger partial charge in [0.05, 0.1) is 10.7 Å². The second kappa shape index (κ2) is 4.29. The van der Waals surface area contributed by atoms with Gasteiger partial charge in [0.1, 0.15) is 9.23 Å². The van der Waals surface area contributed by atoms with E-state index in [4.69, 9.17) is 12.2 Å². The summed E-state index contributed by atoms with van der Waals surface area (Å²) >= 11 is 8.17. The molecule has 1 amide bonds. The molecule has 0 saturated carbocycles. The summed E-state index contributed by atoms with van der Waals surface area (Å²) in [5.41, 5.74) is 1.14. The molecule has 92 valence electrons. The van der Waals surface area contributed by atoms with E-state index in [1.807, 2.05) is 19.2 Å². The normalized spacial score (nSPS) is 23.0. The lowest BCUT2D eigenvalue weighted by molar-refractivity contribution is -0.121. The Balaban J connectivity index is 2.07. The third-order valence-electron chi connectivity index (χ3n) is 2.89. The molecule has 2 aliphatic heterocycles. The number of hydrogen-bond acceptors (Lipinski definition) is 5. The highest BCUT2D eigenvalue weighted by Gasteiger charge is 2.36. The smallest absolute Gasteiger partial charge is 0.268 e. The summed E-state index contributed by atoms with van der Waals surface area (Å²) in [6.07, 6.45) is 0. The predicted molar refractivity (Wildman–Crippen MR) is 80.7 cm³/mol. The number of rotatable bonds is 0. The van der Waals surface area contributed by atoms with Crippen LogP contribution in [0.1, 0.15) is 0 Å². The highest BCUT2D eigenvalue weighted by Crippen LogP contribution is 2.49. The summed E-state index contributed by atoms with van der Waals surface area (Å²) in [5, 5.41) is 0.970. The summed E-state index contributed by atoms with van der Waals surface area (Å²) in [6, 6.07) is 8.13. The maximum absolute atomic E-state index is 12.1. The van der Waals surface area contributed by atoms with Crippen LogP contribution in [0.3, 0.4) is 0 Å². The van der Waals surface area contributed by atoms with Crippen LogP contribution in [-0.4, -0.2) is 29.2 Å². The number of nitrogens with zero attached hydrogens (tertiary/aromatic N) is 2. The van der Waals surface area contributed by atoms with Crippen LogP contribution in [-0.2, 0) is 4.79 Å². The molecule has 0 spiro atoms. The number of carbonyl (C=O) groups is 1. The van der Waals surface area contributed by atoms with E-state index in [1.165, 1.54) is 21.6 Å². The highest BCUT2D eigenvalue weighted by molar-refractivity contribution is 8.27. The van der Waals surface area contributed by atoms with E-state index in [9.17, 15) is 4.79 Å². The third kappa shape index (κ3) is 1.67. The SMILES string of the molecule is CN1C(=O)/C(=C2/Sc3ccccc3N2C)SC1=S. The van der Waals surface area contributed by atoms with Crippen LogP contribution in [0.5, 0.6) is 0 Å². The molecule has 3 nitrogen and oxygen atoms in total. The van der Waals surface area contributed by atoms with Gasteiger partial charge in [0.15, 0.2) is 0 Å². The molecule has 3 rings (SSSR count). The molecular weight excluding hydrogens is 284 g/mol. The molecule has 1 fully saturated rings. The van der Waals surface area contributed by atoms with Gasteiger partial charge in [-0.25, -0.2) is 0 Å². The van der Waals surface area contributed by atoms with Gasteiger partial charge in [-0.15, -0.1) is 0 Å². The first-order valence-corrected chi connectivity index (χ1v) is 7.38. The molecule has 6 heteroatoms. The van der Waals surface area contributed by atoms with Crippen molar-refractivity contribution in [2.24, 2.45) is 0 Å². The Morgan fingerprint density at radius 2 is 1.83 bits per heavy atom. The molecule has 0 unspecified atom stereocenters. The first-order chi connectivity index (χ1) is 8.59. The summed E-state index contributed by atoms with van der Waals surface area (Å²) in [4.78, 5) is 17.6. The molecule has 1 aromatic rings. The fourth-order valence-corrected chi connectivity index (χ4v) is 4.38. The number of benzene rings is 1. The maximum Gasteiger partial charge on any atom is 0.268 e. The summed E-state index contributed by atoms with van der Waals surface area (Å²) in [7, 11) is 3.70. The van der Waals surface area contributed by atoms with Crippen LogP contribution in [0, 0.1) is 0 Å². The van der Waals surface area contributed by atoms with E-state index >= 15 is 0 Å². The molecule has 2 heterocycles. The monoisotopic (exact) mass is 294 g/mol. The van der Waals surface area contributed by atoms with Crippen molar-refractivity contribution in [2.75, 3.05) is 19.0 Å². The van der Waals surface area contributed by atoms with Crippen molar-refractivity contribution in [3.8, 4) is 0 Å². The largest absolute Gasteiger partial charge is 0.337 e. The fraction of sp³-hybridized carbons (Fsp3) is 0.167. The van der Waals surface area contributed by atoms with Crippen molar-refractivity contribution in [2.45, 2.75) is 4.90 Å². The van der Waals surface area contributed by atoms with Crippen molar-refractivity contribution in [3.63, 3.8) is 0 Å². The van der Waals surface area contributed by atoms with Gasteiger partial charge in [0, 0.05) is 19.0 Å². The Morgan fingerprint density at radius 3 is 2.44 bits per heavy atom. The van der Waals surface area contributed by atoms with Crippen LogP contribution in [0.15, 0.2) is 39.1 Å². The Labute approximate surface area is 119 Å². The summed E-state index contributed by atoms with van der Waals surface area (Å²) in [5.74, 6) is -0.00726. The zero-order valence-corrected chi connectivity index (χ0v) is 12.3. The molecule has 18 heavy (non-hydrogen) atoms. The second-order valence-corrected chi connectivity index (χ2v) is 6.67. The van der Waals surface area contributed by atoms with Crippen molar-refractivity contribution in [1.29, 1.82) is 0 Å². The van der Waals surface area contributed by atoms with Crippen LogP contribution in [0.4, 0.5) is 5.69 Å². The number of thiocarbonyl (C=S) groups is 1. The number of anilines is 1. The van der Waals surface area contributed by atoms with E-state index in [-0.39, 0.29) is 5.91 Å². The maximum atomic E-state index is 12.1. The number of para-hydroxylation sites is 1. The van der Waals surface area contributed by atoms with E-state index in [0.29, 0.717) is 4.32 Å². The average Bonchev–Trinajstić information content (AvgIpc) is 2.83. The highest BCUT2D eigenvalue weighted by atomic mass is 32.2. The average molecular weight is 294 g/mol. The zero-order chi connectivity index (χ0) is 12.9. The van der Waals surface area contributed by atoms with Crippen molar-refractivity contribution < 1.29 is 4.79 Å². The number of hydrogen-bond donors (Lipinski definition) is 0. The van der Waals surface area contributed by atoms with Gasteiger partial charge in [-0.1, -0.05) is 47.9 Å². The summed E-state index contributed by atoms with van der Waals surface area (Å²) < 4.78 is 0.618. The zero-order valence-electron chi connectivity index (χ0n) is 9.84. The van der Waals surface area contributed by atoms with E-state index in [0.717, 1.165) is 15.6 Å². The van der Waals surface area contributed by atoms with Gasteiger partial charge in [-0.3, -0.25) is 9.69 Å². The van der Waals surface area contributed by atoms with Crippen LogP contribution < -0.4 is 4.90 Å². The number of carbonyl (C=O) groups excluding carboxylic acids is 1. The minimum Gasteiger partial charge on any atom is -0.337 e. The minimum atomic E-state index is -0.00726. The quantitative estimate of drug-likeness (QED) is 0.541. The molecule has 0 radical (unpaired) electrons. The van der Waals surface area contributed by atoms with Crippen LogP contribution in [0.2, 0.25) is 0 Å². The Kier molecular flexibility index (Phi) is 2.88. The third-order valence-corrected chi connectivity index (χ3v) is 5.80. The van der Waals surface area contributed by atoms with Crippen LogP contribution >= 0.6 is 35.7 Å². The molecule has 0 aliphatic carbocycles. The van der Waals surface area contributed by atoms with Gasteiger partial charge >= 0.3 is 0 Å². The van der Waals surface area contributed by atoms with Crippen LogP contribution in [0.25, 0.3) is 0 Å². The first-order valence-electron chi connectivity index (χ1n) is 5.34. The first kappa shape index (κ1) is 12.1. The van der Waals surface area contributed by atoms with Gasteiger partial charge in [0.2, 0.25) is 0 Å². The fourth-order valence-electron chi connectivity index (χ4n) is 1.87. The number of fused-ring (bicyclic) bond motifs is 1. The minimum absolute atomic E-state index is 0.00726. The summed E-state index contributed by atoms with van der Waals surface area (Å²) in [6.45, 7) is 0. The van der Waals surface area contributed by atoms with Gasteiger partial charge < -0.3 is 4.90 Å². The Bertz CT molecular complexity index is 597. The standard InChI is InChI=1S/C12H10N2OS3/c1-13-7-5-3-4-6-8(7)17-11(13)9-10(15)14(2)12(16)18-9/h3-6H,1-2H3/b11-9-. The van der Waals surface area contributed by atoms with Gasteiger partial charge in [-0.2, -0.15) is 0 Å².